The molecule has 1 fully saturated rings. The van der Waals surface area contributed by atoms with Gasteiger partial charge in [0.2, 0.25) is 0 Å². The zero-order chi connectivity index (χ0) is 8.81. The van der Waals surface area contributed by atoms with E-state index in [1.807, 2.05) is 0 Å². The lowest BCUT2D eigenvalue weighted by atomic mass is 10.3. The van der Waals surface area contributed by atoms with E-state index in [1.54, 1.807) is 0 Å². The SMILES string of the molecule is C=CC(=O)CN1CCCNCC1. The summed E-state index contributed by atoms with van der Waals surface area (Å²) in [6.45, 7) is 8.04. The molecule has 1 rings (SSSR count). The van der Waals surface area contributed by atoms with Crippen LogP contribution in [0.25, 0.3) is 0 Å². The van der Waals surface area contributed by atoms with E-state index >= 15 is 0 Å². The van der Waals surface area contributed by atoms with Crippen LogP contribution in [0.4, 0.5) is 0 Å². The normalized spacial score (nSPS) is 20.0. The number of rotatable bonds is 3. The molecule has 0 aliphatic carbocycles. The number of ketones is 1. The lowest BCUT2D eigenvalue weighted by Gasteiger charge is -2.16. The number of hydrogen-bond donors (Lipinski definition) is 1. The molecule has 12 heavy (non-hydrogen) atoms. The average Bonchev–Trinajstić information content (AvgIpc) is 2.33. The van der Waals surface area contributed by atoms with Crippen molar-refractivity contribution in [2.75, 3.05) is 32.7 Å². The Bertz CT molecular complexity index is 160. The van der Waals surface area contributed by atoms with Crippen LogP contribution >= 0.6 is 0 Å². The van der Waals surface area contributed by atoms with Crippen LogP contribution in [0.15, 0.2) is 12.7 Å². The van der Waals surface area contributed by atoms with Gasteiger partial charge >= 0.3 is 0 Å². The third-order valence-electron chi connectivity index (χ3n) is 2.04. The van der Waals surface area contributed by atoms with E-state index in [4.69, 9.17) is 0 Å². The van der Waals surface area contributed by atoms with Crippen LogP contribution in [0, 0.1) is 0 Å². The third kappa shape index (κ3) is 3.15. The molecule has 0 saturated carbocycles. The highest BCUT2D eigenvalue weighted by Crippen LogP contribution is 1.94. The van der Waals surface area contributed by atoms with Crippen molar-refractivity contribution in [1.82, 2.24) is 10.2 Å². The standard InChI is InChI=1S/C9H16N2O/c1-2-9(12)8-11-6-3-4-10-5-7-11/h2,10H,1,3-8H2. The predicted molar refractivity (Wildman–Crippen MR) is 49.1 cm³/mol. The van der Waals surface area contributed by atoms with E-state index in [0.29, 0.717) is 6.54 Å². The molecule has 0 radical (unpaired) electrons. The van der Waals surface area contributed by atoms with E-state index in [2.05, 4.69) is 16.8 Å². The fourth-order valence-corrected chi connectivity index (χ4v) is 1.34. The summed E-state index contributed by atoms with van der Waals surface area (Å²) >= 11 is 0. The van der Waals surface area contributed by atoms with Crippen molar-refractivity contribution in [3.05, 3.63) is 12.7 Å². The summed E-state index contributed by atoms with van der Waals surface area (Å²) in [5, 5.41) is 3.29. The second-order valence-electron chi connectivity index (χ2n) is 3.05. The Balaban J connectivity index is 2.29. The number of nitrogens with zero attached hydrogens (tertiary/aromatic N) is 1. The van der Waals surface area contributed by atoms with Gasteiger partial charge in [-0.3, -0.25) is 9.69 Å². The molecule has 0 amide bonds. The Hall–Kier alpha value is -0.670. The molecule has 1 N–H and O–H groups in total. The van der Waals surface area contributed by atoms with E-state index in [-0.39, 0.29) is 5.78 Å². The van der Waals surface area contributed by atoms with Gasteiger partial charge in [0.25, 0.3) is 0 Å². The first-order valence-corrected chi connectivity index (χ1v) is 4.41. The lowest BCUT2D eigenvalue weighted by molar-refractivity contribution is -0.115. The third-order valence-corrected chi connectivity index (χ3v) is 2.04. The molecule has 0 unspecified atom stereocenters. The second kappa shape index (κ2) is 5.06. The van der Waals surface area contributed by atoms with E-state index in [0.717, 1.165) is 32.6 Å². The van der Waals surface area contributed by atoms with Crippen LogP contribution in [0.3, 0.4) is 0 Å². The van der Waals surface area contributed by atoms with Crippen LogP contribution in [-0.2, 0) is 4.79 Å². The molecular weight excluding hydrogens is 152 g/mol. The molecule has 1 aliphatic heterocycles. The Morgan fingerprint density at radius 2 is 2.33 bits per heavy atom. The van der Waals surface area contributed by atoms with Gasteiger partial charge in [-0.15, -0.1) is 0 Å². The van der Waals surface area contributed by atoms with Crippen molar-refractivity contribution in [3.8, 4) is 0 Å². The maximum Gasteiger partial charge on any atom is 0.169 e. The number of hydrogen-bond acceptors (Lipinski definition) is 3. The summed E-state index contributed by atoms with van der Waals surface area (Å²) in [5.41, 5.74) is 0. The Kier molecular flexibility index (Phi) is 3.97. The minimum atomic E-state index is 0.122. The predicted octanol–water partition coefficient (Wildman–Crippen LogP) is 0.0368. The van der Waals surface area contributed by atoms with Crippen LogP contribution in [-0.4, -0.2) is 43.4 Å². The molecule has 0 aromatic heterocycles. The number of carbonyl (C=O) groups excluding carboxylic acids is 1. The Morgan fingerprint density at radius 3 is 3.08 bits per heavy atom. The molecule has 0 aromatic rings. The van der Waals surface area contributed by atoms with Gasteiger partial charge in [-0.25, -0.2) is 0 Å². The highest BCUT2D eigenvalue weighted by molar-refractivity contribution is 5.90. The van der Waals surface area contributed by atoms with Gasteiger partial charge in [0.05, 0.1) is 6.54 Å². The van der Waals surface area contributed by atoms with Crippen LogP contribution < -0.4 is 5.32 Å². The minimum absolute atomic E-state index is 0.122. The topological polar surface area (TPSA) is 32.3 Å². The molecule has 0 spiro atoms. The fraction of sp³-hybridized carbons (Fsp3) is 0.667. The summed E-state index contributed by atoms with van der Waals surface area (Å²) in [6.07, 6.45) is 2.53. The number of nitrogens with one attached hydrogen (secondary N) is 1. The van der Waals surface area contributed by atoms with Gasteiger partial charge < -0.3 is 5.32 Å². The van der Waals surface area contributed by atoms with Gasteiger partial charge in [-0.2, -0.15) is 0 Å². The molecular formula is C9H16N2O. The first-order valence-electron chi connectivity index (χ1n) is 4.41. The van der Waals surface area contributed by atoms with Gasteiger partial charge in [-0.1, -0.05) is 6.58 Å². The van der Waals surface area contributed by atoms with Gasteiger partial charge in [0, 0.05) is 13.1 Å². The van der Waals surface area contributed by atoms with Gasteiger partial charge in [0.1, 0.15) is 0 Å². The van der Waals surface area contributed by atoms with Crippen molar-refractivity contribution in [2.45, 2.75) is 6.42 Å². The first kappa shape index (κ1) is 9.42. The second-order valence-corrected chi connectivity index (χ2v) is 3.05. The molecule has 3 nitrogen and oxygen atoms in total. The summed E-state index contributed by atoms with van der Waals surface area (Å²) in [5.74, 6) is 0.122. The van der Waals surface area contributed by atoms with E-state index in [1.165, 1.54) is 6.08 Å². The number of carbonyl (C=O) groups is 1. The van der Waals surface area contributed by atoms with Crippen molar-refractivity contribution >= 4 is 5.78 Å². The van der Waals surface area contributed by atoms with Gasteiger partial charge in [-0.05, 0) is 25.6 Å². The van der Waals surface area contributed by atoms with Crippen molar-refractivity contribution in [3.63, 3.8) is 0 Å². The first-order chi connectivity index (χ1) is 5.83. The molecule has 1 aliphatic rings. The monoisotopic (exact) mass is 168 g/mol. The van der Waals surface area contributed by atoms with Crippen molar-refractivity contribution < 1.29 is 4.79 Å². The molecule has 0 atom stereocenters. The molecule has 68 valence electrons. The van der Waals surface area contributed by atoms with Gasteiger partial charge in [0.15, 0.2) is 5.78 Å². The Morgan fingerprint density at radius 1 is 1.50 bits per heavy atom. The maximum absolute atomic E-state index is 11.0. The van der Waals surface area contributed by atoms with Crippen molar-refractivity contribution in [1.29, 1.82) is 0 Å². The maximum atomic E-state index is 11.0. The summed E-state index contributed by atoms with van der Waals surface area (Å²) in [7, 11) is 0. The molecule has 3 heteroatoms. The summed E-state index contributed by atoms with van der Waals surface area (Å²) in [4.78, 5) is 13.2. The van der Waals surface area contributed by atoms with Crippen LogP contribution in [0.1, 0.15) is 6.42 Å². The zero-order valence-electron chi connectivity index (χ0n) is 7.38. The molecule has 1 saturated heterocycles. The van der Waals surface area contributed by atoms with E-state index in [9.17, 15) is 4.79 Å². The summed E-state index contributed by atoms with van der Waals surface area (Å²) < 4.78 is 0. The minimum Gasteiger partial charge on any atom is -0.315 e. The summed E-state index contributed by atoms with van der Waals surface area (Å²) in [6, 6.07) is 0. The lowest BCUT2D eigenvalue weighted by Crippen LogP contribution is -2.32. The highest BCUT2D eigenvalue weighted by Gasteiger charge is 2.09. The fourth-order valence-electron chi connectivity index (χ4n) is 1.34. The zero-order valence-corrected chi connectivity index (χ0v) is 7.38. The molecule has 0 aromatic carbocycles. The quantitative estimate of drug-likeness (QED) is 0.604. The van der Waals surface area contributed by atoms with Crippen molar-refractivity contribution in [2.24, 2.45) is 0 Å². The largest absolute Gasteiger partial charge is 0.315 e. The molecule has 1 heterocycles. The van der Waals surface area contributed by atoms with Crippen LogP contribution in [0.5, 0.6) is 0 Å². The van der Waals surface area contributed by atoms with E-state index < -0.39 is 0 Å². The average molecular weight is 168 g/mol. The van der Waals surface area contributed by atoms with Crippen LogP contribution in [0.2, 0.25) is 0 Å². The smallest absolute Gasteiger partial charge is 0.169 e. The molecule has 0 bridgehead atoms. The Labute approximate surface area is 73.4 Å². The highest BCUT2D eigenvalue weighted by atomic mass is 16.1.